The van der Waals surface area contributed by atoms with Crippen molar-refractivity contribution in [3.05, 3.63) is 64.9 Å². The number of nitrogens with zero attached hydrogens (tertiary/aromatic N) is 3. The van der Waals surface area contributed by atoms with Gasteiger partial charge in [0.25, 0.3) is 0 Å². The summed E-state index contributed by atoms with van der Waals surface area (Å²) >= 11 is 1.65. The number of benzene rings is 1. The van der Waals surface area contributed by atoms with Gasteiger partial charge in [-0.1, -0.05) is 12.1 Å². The van der Waals surface area contributed by atoms with Gasteiger partial charge in [0, 0.05) is 22.7 Å². The van der Waals surface area contributed by atoms with E-state index in [0.29, 0.717) is 0 Å². The average molecular weight is 309 g/mol. The Bertz CT molecular complexity index is 940. The molecule has 3 nitrogen and oxygen atoms in total. The van der Waals surface area contributed by atoms with Gasteiger partial charge >= 0.3 is 0 Å². The van der Waals surface area contributed by atoms with Gasteiger partial charge in [-0.15, -0.1) is 0 Å². The van der Waals surface area contributed by atoms with Crippen molar-refractivity contribution in [2.75, 3.05) is 0 Å². The fraction of sp³-hybridized carbons (Fsp3) is 0.0588. The van der Waals surface area contributed by atoms with Gasteiger partial charge in [0.1, 0.15) is 5.82 Å². The zero-order valence-corrected chi connectivity index (χ0v) is 12.6. The largest absolute Gasteiger partial charge is 0.236 e. The lowest BCUT2D eigenvalue weighted by atomic mass is 10.1. The zero-order chi connectivity index (χ0) is 15.1. The van der Waals surface area contributed by atoms with Crippen LogP contribution in [0.4, 0.5) is 4.39 Å². The molecule has 0 N–H and O–H groups in total. The van der Waals surface area contributed by atoms with Crippen LogP contribution in [0.2, 0.25) is 0 Å². The summed E-state index contributed by atoms with van der Waals surface area (Å²) in [5.41, 5.74) is 5.64. The van der Waals surface area contributed by atoms with Crippen LogP contribution in [-0.2, 0) is 0 Å². The third kappa shape index (κ3) is 2.02. The summed E-state index contributed by atoms with van der Waals surface area (Å²) in [4.78, 5) is 4.48. The van der Waals surface area contributed by atoms with Gasteiger partial charge in [-0.3, -0.25) is 0 Å². The van der Waals surface area contributed by atoms with E-state index < -0.39 is 0 Å². The molecule has 0 aliphatic rings. The van der Waals surface area contributed by atoms with Gasteiger partial charge in [-0.2, -0.15) is 16.4 Å². The Kier molecular flexibility index (Phi) is 3.01. The molecule has 4 aromatic rings. The van der Waals surface area contributed by atoms with Crippen LogP contribution in [0, 0.1) is 12.7 Å². The SMILES string of the molecule is Cc1nn2c(-c3ccsc3)ccnc2c1-c1ccc(F)cc1. The number of aromatic nitrogens is 3. The summed E-state index contributed by atoms with van der Waals surface area (Å²) in [7, 11) is 0. The highest BCUT2D eigenvalue weighted by Gasteiger charge is 2.15. The maximum atomic E-state index is 13.2. The second kappa shape index (κ2) is 5.03. The molecule has 3 aromatic heterocycles. The Morgan fingerprint density at radius 1 is 1.05 bits per heavy atom. The minimum absolute atomic E-state index is 0.246. The predicted octanol–water partition coefficient (Wildman–Crippen LogP) is 4.57. The van der Waals surface area contributed by atoms with Crippen molar-refractivity contribution in [2.45, 2.75) is 6.92 Å². The molecule has 108 valence electrons. The number of fused-ring (bicyclic) bond motifs is 1. The Morgan fingerprint density at radius 2 is 1.86 bits per heavy atom. The standard InChI is InChI=1S/C17H12FN3S/c1-11-16(12-2-4-14(18)5-3-12)17-19-8-6-15(21(17)20-11)13-7-9-22-10-13/h2-10H,1H3. The first-order chi connectivity index (χ1) is 10.7. The van der Waals surface area contributed by atoms with E-state index in [1.54, 1.807) is 29.7 Å². The Labute approximate surface area is 130 Å². The van der Waals surface area contributed by atoms with E-state index in [2.05, 4.69) is 21.5 Å². The first-order valence-corrected chi connectivity index (χ1v) is 7.81. The highest BCUT2D eigenvalue weighted by molar-refractivity contribution is 7.08. The van der Waals surface area contributed by atoms with E-state index in [9.17, 15) is 4.39 Å². The number of thiophene rings is 1. The number of hydrogen-bond acceptors (Lipinski definition) is 3. The van der Waals surface area contributed by atoms with Crippen molar-refractivity contribution in [2.24, 2.45) is 0 Å². The first kappa shape index (κ1) is 13.2. The molecule has 5 heteroatoms. The van der Waals surface area contributed by atoms with E-state index in [4.69, 9.17) is 0 Å². The average Bonchev–Trinajstić information content (AvgIpc) is 3.15. The molecule has 4 rings (SSSR count). The summed E-state index contributed by atoms with van der Waals surface area (Å²) in [6, 6.07) is 10.5. The van der Waals surface area contributed by atoms with Crippen molar-refractivity contribution < 1.29 is 4.39 Å². The number of aryl methyl sites for hydroxylation is 1. The number of hydrogen-bond donors (Lipinski definition) is 0. The number of halogens is 1. The van der Waals surface area contributed by atoms with Crippen LogP contribution in [0.3, 0.4) is 0 Å². The topological polar surface area (TPSA) is 30.2 Å². The van der Waals surface area contributed by atoms with E-state index in [-0.39, 0.29) is 5.82 Å². The molecule has 0 fully saturated rings. The second-order valence-electron chi connectivity index (χ2n) is 5.04. The van der Waals surface area contributed by atoms with Crippen molar-refractivity contribution in [3.63, 3.8) is 0 Å². The van der Waals surface area contributed by atoms with Gasteiger partial charge in [0.15, 0.2) is 5.65 Å². The van der Waals surface area contributed by atoms with Crippen LogP contribution in [0.5, 0.6) is 0 Å². The highest BCUT2D eigenvalue weighted by Crippen LogP contribution is 2.30. The summed E-state index contributed by atoms with van der Waals surface area (Å²) in [6.45, 7) is 1.95. The molecule has 3 heterocycles. The fourth-order valence-electron chi connectivity index (χ4n) is 2.63. The van der Waals surface area contributed by atoms with E-state index in [1.807, 2.05) is 22.9 Å². The molecule has 0 amide bonds. The smallest absolute Gasteiger partial charge is 0.163 e. The molecule has 22 heavy (non-hydrogen) atoms. The van der Waals surface area contributed by atoms with Gasteiger partial charge in [0.05, 0.1) is 11.4 Å². The van der Waals surface area contributed by atoms with Crippen LogP contribution in [0.1, 0.15) is 5.69 Å². The molecule has 0 bridgehead atoms. The summed E-state index contributed by atoms with van der Waals surface area (Å²) < 4.78 is 15.0. The van der Waals surface area contributed by atoms with Crippen molar-refractivity contribution in [1.82, 2.24) is 14.6 Å². The second-order valence-corrected chi connectivity index (χ2v) is 5.82. The van der Waals surface area contributed by atoms with Gasteiger partial charge < -0.3 is 0 Å². The Hall–Kier alpha value is -2.53. The third-order valence-corrected chi connectivity index (χ3v) is 4.33. The summed E-state index contributed by atoms with van der Waals surface area (Å²) in [5.74, 6) is -0.246. The molecule has 0 saturated carbocycles. The molecule has 0 atom stereocenters. The van der Waals surface area contributed by atoms with Crippen LogP contribution >= 0.6 is 11.3 Å². The normalized spacial score (nSPS) is 11.2. The quantitative estimate of drug-likeness (QED) is 0.543. The molecule has 0 spiro atoms. The van der Waals surface area contributed by atoms with Gasteiger partial charge in [-0.25, -0.2) is 13.9 Å². The van der Waals surface area contributed by atoms with Crippen LogP contribution < -0.4 is 0 Å². The monoisotopic (exact) mass is 309 g/mol. The van der Waals surface area contributed by atoms with E-state index >= 15 is 0 Å². The molecule has 0 radical (unpaired) electrons. The first-order valence-electron chi connectivity index (χ1n) is 6.87. The van der Waals surface area contributed by atoms with Gasteiger partial charge in [-0.05, 0) is 42.1 Å². The predicted molar refractivity (Wildman–Crippen MR) is 86.4 cm³/mol. The van der Waals surface area contributed by atoms with Gasteiger partial charge in [0.2, 0.25) is 0 Å². The molecule has 1 aromatic carbocycles. The molecule has 0 saturated heterocycles. The van der Waals surface area contributed by atoms with E-state index in [0.717, 1.165) is 33.7 Å². The van der Waals surface area contributed by atoms with Crippen molar-refractivity contribution in [3.8, 4) is 22.4 Å². The third-order valence-electron chi connectivity index (χ3n) is 3.64. The molecule has 0 aliphatic carbocycles. The molecule has 0 unspecified atom stereocenters. The maximum absolute atomic E-state index is 13.2. The van der Waals surface area contributed by atoms with E-state index in [1.165, 1.54) is 12.1 Å². The zero-order valence-electron chi connectivity index (χ0n) is 11.8. The molecular weight excluding hydrogens is 297 g/mol. The highest BCUT2D eigenvalue weighted by atomic mass is 32.1. The lowest BCUT2D eigenvalue weighted by Gasteiger charge is -2.03. The fourth-order valence-corrected chi connectivity index (χ4v) is 3.28. The molecular formula is C17H12FN3S. The minimum Gasteiger partial charge on any atom is -0.236 e. The summed E-state index contributed by atoms with van der Waals surface area (Å²) in [5, 5.41) is 8.76. The molecule has 0 aliphatic heterocycles. The lowest BCUT2D eigenvalue weighted by molar-refractivity contribution is 0.628. The maximum Gasteiger partial charge on any atom is 0.163 e. The lowest BCUT2D eigenvalue weighted by Crippen LogP contribution is -1.94. The Balaban J connectivity index is 1.99. The van der Waals surface area contributed by atoms with Crippen molar-refractivity contribution in [1.29, 1.82) is 0 Å². The summed E-state index contributed by atoms with van der Waals surface area (Å²) in [6.07, 6.45) is 1.79. The number of rotatable bonds is 2. The van der Waals surface area contributed by atoms with Crippen LogP contribution in [0.25, 0.3) is 28.0 Å². The van der Waals surface area contributed by atoms with Crippen LogP contribution in [0.15, 0.2) is 53.4 Å². The Morgan fingerprint density at radius 3 is 2.59 bits per heavy atom. The van der Waals surface area contributed by atoms with Crippen molar-refractivity contribution >= 4 is 17.0 Å². The minimum atomic E-state index is -0.246. The van der Waals surface area contributed by atoms with Crippen LogP contribution in [-0.4, -0.2) is 14.6 Å².